The van der Waals surface area contributed by atoms with Gasteiger partial charge in [0.25, 0.3) is 0 Å². The van der Waals surface area contributed by atoms with Crippen LogP contribution in [0.15, 0.2) is 48.5 Å². The first-order valence-electron chi connectivity index (χ1n) is 14.6. The lowest BCUT2D eigenvalue weighted by molar-refractivity contribution is -0.144. The number of hydrogen-bond donors (Lipinski definition) is 1. The van der Waals surface area contributed by atoms with E-state index in [1.54, 1.807) is 13.8 Å². The summed E-state index contributed by atoms with van der Waals surface area (Å²) in [5.41, 5.74) is 7.48. The van der Waals surface area contributed by atoms with Gasteiger partial charge in [-0.05, 0) is 124 Å². The third-order valence-corrected chi connectivity index (χ3v) is 8.18. The van der Waals surface area contributed by atoms with E-state index in [0.29, 0.717) is 25.2 Å². The fraction of sp³-hybridized carbons (Fsp3) is 0.429. The summed E-state index contributed by atoms with van der Waals surface area (Å²) in [5.74, 6) is 1.66. The summed E-state index contributed by atoms with van der Waals surface area (Å²) in [4.78, 5) is 12.0. The smallest absolute Gasteiger partial charge is 0.309 e. The molecule has 2 aliphatic rings. The van der Waals surface area contributed by atoms with Crippen molar-refractivity contribution in [2.45, 2.75) is 77.9 Å². The van der Waals surface area contributed by atoms with Crippen molar-refractivity contribution < 1.29 is 24.1 Å². The summed E-state index contributed by atoms with van der Waals surface area (Å²) in [6.07, 6.45) is 2.94. The normalized spacial score (nSPS) is 19.3. The van der Waals surface area contributed by atoms with Crippen molar-refractivity contribution in [3.05, 3.63) is 81.9 Å². The molecule has 1 N–H and O–H groups in total. The second-order valence-electron chi connectivity index (χ2n) is 11.9. The van der Waals surface area contributed by atoms with Gasteiger partial charge in [0.1, 0.15) is 17.6 Å². The average Bonchev–Trinajstić information content (AvgIpc) is 3.62. The van der Waals surface area contributed by atoms with Gasteiger partial charge >= 0.3 is 5.97 Å². The van der Waals surface area contributed by atoms with Gasteiger partial charge < -0.3 is 19.3 Å². The molecular weight excluding hydrogens is 514 g/mol. The maximum Gasteiger partial charge on any atom is 0.309 e. The van der Waals surface area contributed by atoms with E-state index in [-0.39, 0.29) is 23.9 Å². The molecule has 3 aromatic carbocycles. The van der Waals surface area contributed by atoms with Gasteiger partial charge in [0, 0.05) is 12.0 Å². The Morgan fingerprint density at radius 3 is 2.39 bits per heavy atom. The summed E-state index contributed by atoms with van der Waals surface area (Å²) in [6.45, 7) is 10.3. The van der Waals surface area contributed by atoms with Crippen molar-refractivity contribution in [3.63, 3.8) is 0 Å². The molecule has 3 atom stereocenters. The lowest BCUT2D eigenvalue weighted by Crippen LogP contribution is -2.21. The molecule has 0 heterocycles. The van der Waals surface area contributed by atoms with Crippen LogP contribution in [0, 0.1) is 31.1 Å². The summed E-state index contributed by atoms with van der Waals surface area (Å²) in [6, 6.07) is 18.5. The average molecular weight is 554 g/mol. The first-order chi connectivity index (χ1) is 19.6. The quantitative estimate of drug-likeness (QED) is 0.269. The number of benzene rings is 3. The Kier molecular flexibility index (Phi) is 8.11. The summed E-state index contributed by atoms with van der Waals surface area (Å²) >= 11 is 0. The number of carbonyl (C=O) groups is 1. The molecule has 5 rings (SSSR count). The predicted molar refractivity (Wildman–Crippen MR) is 158 cm³/mol. The Balaban J connectivity index is 1.35. The van der Waals surface area contributed by atoms with Crippen LogP contribution in [0.2, 0.25) is 0 Å². The van der Waals surface area contributed by atoms with E-state index in [1.807, 2.05) is 43.3 Å². The molecule has 0 amide bonds. The number of nitriles is 1. The third kappa shape index (κ3) is 6.26. The van der Waals surface area contributed by atoms with Crippen LogP contribution in [-0.2, 0) is 16.0 Å². The topological polar surface area (TPSA) is 88.8 Å². The first-order valence-corrected chi connectivity index (χ1v) is 14.6. The van der Waals surface area contributed by atoms with Gasteiger partial charge in [0.15, 0.2) is 0 Å². The van der Waals surface area contributed by atoms with Gasteiger partial charge in [-0.2, -0.15) is 5.26 Å². The summed E-state index contributed by atoms with van der Waals surface area (Å²) < 4.78 is 17.6. The number of fused-ring (bicyclic) bond motifs is 1. The van der Waals surface area contributed by atoms with Crippen molar-refractivity contribution in [1.82, 2.24) is 0 Å². The second kappa shape index (κ2) is 11.6. The number of aliphatic hydroxyl groups is 1. The van der Waals surface area contributed by atoms with Crippen LogP contribution in [0.4, 0.5) is 0 Å². The van der Waals surface area contributed by atoms with Crippen molar-refractivity contribution in [2.24, 2.45) is 5.92 Å². The highest BCUT2D eigenvalue weighted by Crippen LogP contribution is 2.49. The van der Waals surface area contributed by atoms with Crippen LogP contribution in [-0.4, -0.2) is 29.9 Å². The molecule has 3 aromatic rings. The molecule has 0 radical (unpaired) electrons. The Bertz CT molecular complexity index is 1460. The number of rotatable bonds is 10. The lowest BCUT2D eigenvalue weighted by Gasteiger charge is -2.20. The zero-order valence-corrected chi connectivity index (χ0v) is 24.6. The van der Waals surface area contributed by atoms with Crippen LogP contribution in [0.1, 0.15) is 85.4 Å². The number of esters is 1. The van der Waals surface area contributed by atoms with E-state index < -0.39 is 5.60 Å². The molecule has 1 saturated carbocycles. The van der Waals surface area contributed by atoms with E-state index >= 15 is 0 Å². The van der Waals surface area contributed by atoms with Crippen molar-refractivity contribution in [1.29, 1.82) is 5.26 Å². The Labute approximate surface area is 242 Å². The molecule has 0 spiro atoms. The number of nitrogens with zero attached hydrogens (tertiary/aromatic N) is 1. The maximum absolute atomic E-state index is 12.0. The predicted octanol–water partition coefficient (Wildman–Crippen LogP) is 7.11. The van der Waals surface area contributed by atoms with Crippen molar-refractivity contribution >= 4 is 5.97 Å². The zero-order valence-electron chi connectivity index (χ0n) is 24.6. The van der Waals surface area contributed by atoms with E-state index in [9.17, 15) is 15.2 Å². The number of carbonyl (C=O) groups excluding carboxylic acids is 1. The highest BCUT2D eigenvalue weighted by molar-refractivity contribution is 5.81. The van der Waals surface area contributed by atoms with E-state index in [4.69, 9.17) is 14.2 Å². The van der Waals surface area contributed by atoms with Crippen molar-refractivity contribution in [3.8, 4) is 28.7 Å². The minimum Gasteiger partial charge on any atom is -0.493 e. The molecule has 6 heteroatoms. The van der Waals surface area contributed by atoms with Gasteiger partial charge in [-0.3, -0.25) is 4.79 Å². The third-order valence-electron chi connectivity index (χ3n) is 8.18. The minimum absolute atomic E-state index is 0.0311. The highest BCUT2D eigenvalue weighted by atomic mass is 16.5. The Hall–Kier alpha value is -3.82. The summed E-state index contributed by atoms with van der Waals surface area (Å²) in [7, 11) is 0. The van der Waals surface area contributed by atoms with E-state index in [2.05, 4.69) is 32.0 Å². The zero-order chi connectivity index (χ0) is 29.3. The van der Waals surface area contributed by atoms with E-state index in [0.717, 1.165) is 64.1 Å². The highest BCUT2D eigenvalue weighted by Gasteiger charge is 2.45. The standard InChI is InChI=1S/C35H39NO5/c1-6-39-34(37)30-19-29(30)23-7-10-25(11-8-23)41-31-14-13-28-27(31)12-9-24(20-36)33(28)32-21(2)17-26(18-22(32)3)40-16-15-35(4,5)38/h7-12,17-18,29-31,38H,6,13-16,19H2,1-5H3/t29-,30+,31-/m1/s1. The molecule has 0 aromatic heterocycles. The van der Waals surface area contributed by atoms with Gasteiger partial charge in [0.05, 0.1) is 36.4 Å². The van der Waals surface area contributed by atoms with Crippen LogP contribution < -0.4 is 9.47 Å². The minimum atomic E-state index is -0.776. The van der Waals surface area contributed by atoms with Crippen LogP contribution in [0.5, 0.6) is 11.5 Å². The lowest BCUT2D eigenvalue weighted by atomic mass is 9.87. The molecule has 2 aliphatic carbocycles. The molecule has 0 aliphatic heterocycles. The molecule has 41 heavy (non-hydrogen) atoms. The monoisotopic (exact) mass is 553 g/mol. The van der Waals surface area contributed by atoms with Gasteiger partial charge in [-0.25, -0.2) is 0 Å². The van der Waals surface area contributed by atoms with Gasteiger partial charge in [-0.1, -0.05) is 18.2 Å². The molecule has 6 nitrogen and oxygen atoms in total. The molecule has 0 bridgehead atoms. The van der Waals surface area contributed by atoms with Gasteiger partial charge in [-0.15, -0.1) is 0 Å². The molecule has 214 valence electrons. The fourth-order valence-corrected chi connectivity index (χ4v) is 6.02. The SMILES string of the molecule is CCOC(=O)[C@H]1C[C@@H]1c1ccc(O[C@@H]2CCc3c2ccc(C#N)c3-c2c(C)cc(OCCC(C)(C)O)cc2C)cc1. The molecule has 0 unspecified atom stereocenters. The van der Waals surface area contributed by atoms with Crippen LogP contribution in [0.25, 0.3) is 11.1 Å². The molecular formula is C35H39NO5. The van der Waals surface area contributed by atoms with Crippen molar-refractivity contribution in [2.75, 3.05) is 13.2 Å². The first kappa shape index (κ1) is 28.7. The van der Waals surface area contributed by atoms with E-state index in [1.165, 1.54) is 5.56 Å². The number of aryl methyl sites for hydroxylation is 2. The molecule has 0 saturated heterocycles. The fourth-order valence-electron chi connectivity index (χ4n) is 6.02. The Morgan fingerprint density at radius 2 is 1.76 bits per heavy atom. The second-order valence-corrected chi connectivity index (χ2v) is 11.9. The van der Waals surface area contributed by atoms with Crippen LogP contribution in [0.3, 0.4) is 0 Å². The number of hydrogen-bond acceptors (Lipinski definition) is 6. The Morgan fingerprint density at radius 1 is 1.05 bits per heavy atom. The summed E-state index contributed by atoms with van der Waals surface area (Å²) in [5, 5.41) is 20.0. The van der Waals surface area contributed by atoms with Crippen LogP contribution >= 0.6 is 0 Å². The number of ether oxygens (including phenoxy) is 3. The maximum atomic E-state index is 12.0. The largest absolute Gasteiger partial charge is 0.493 e. The molecule has 1 fully saturated rings. The van der Waals surface area contributed by atoms with Gasteiger partial charge in [0.2, 0.25) is 0 Å².